The van der Waals surface area contributed by atoms with Crippen LogP contribution >= 0.6 is 11.8 Å². The molecule has 2 fully saturated rings. The maximum absolute atomic E-state index is 6.12. The molecule has 1 heterocycles. The highest BCUT2D eigenvalue weighted by atomic mass is 32.2. The van der Waals surface area contributed by atoms with Crippen LogP contribution in [0.1, 0.15) is 39.5 Å². The van der Waals surface area contributed by atoms with E-state index in [1.165, 1.54) is 25.7 Å². The zero-order valence-electron chi connectivity index (χ0n) is 10.4. The van der Waals surface area contributed by atoms with Gasteiger partial charge in [0.25, 0.3) is 0 Å². The summed E-state index contributed by atoms with van der Waals surface area (Å²) in [7, 11) is 0. The average molecular weight is 241 g/mol. The number of hydrogen-bond donors (Lipinski definition) is 1. The zero-order valence-corrected chi connectivity index (χ0v) is 11.2. The number of thioether (sulfide) groups is 1. The predicted molar refractivity (Wildman–Crippen MR) is 72.0 cm³/mol. The van der Waals surface area contributed by atoms with Crippen molar-refractivity contribution < 1.29 is 0 Å². The van der Waals surface area contributed by atoms with Gasteiger partial charge < -0.3 is 10.6 Å². The third-order valence-electron chi connectivity index (χ3n) is 3.39. The third-order valence-corrected chi connectivity index (χ3v) is 4.69. The number of aliphatic imine (C=N–C) groups is 1. The quantitative estimate of drug-likeness (QED) is 0.564. The lowest BCUT2D eigenvalue weighted by Gasteiger charge is -2.38. The smallest absolute Gasteiger partial charge is 0.191 e. The van der Waals surface area contributed by atoms with Crippen LogP contribution < -0.4 is 5.73 Å². The van der Waals surface area contributed by atoms with Gasteiger partial charge in [0.1, 0.15) is 0 Å². The van der Waals surface area contributed by atoms with Crippen LogP contribution in [0.25, 0.3) is 0 Å². The van der Waals surface area contributed by atoms with Crippen LogP contribution in [0, 0.1) is 0 Å². The maximum atomic E-state index is 6.12. The molecule has 0 bridgehead atoms. The minimum atomic E-state index is 0.314. The van der Waals surface area contributed by atoms with E-state index in [0.717, 1.165) is 24.8 Å². The second-order valence-electron chi connectivity index (χ2n) is 5.46. The van der Waals surface area contributed by atoms with Crippen LogP contribution in [-0.2, 0) is 0 Å². The van der Waals surface area contributed by atoms with Crippen molar-refractivity contribution in [3.63, 3.8) is 0 Å². The zero-order chi connectivity index (χ0) is 11.6. The molecule has 2 rings (SSSR count). The Bertz CT molecular complexity index is 269. The molecule has 1 aliphatic heterocycles. The van der Waals surface area contributed by atoms with Gasteiger partial charge >= 0.3 is 0 Å². The Labute approximate surface area is 103 Å². The Morgan fingerprint density at radius 2 is 2.06 bits per heavy atom. The van der Waals surface area contributed by atoms with Gasteiger partial charge in [-0.3, -0.25) is 0 Å². The highest BCUT2D eigenvalue weighted by molar-refractivity contribution is 8.00. The van der Waals surface area contributed by atoms with E-state index in [0.29, 0.717) is 10.8 Å². The molecule has 0 aromatic carbocycles. The molecule has 4 heteroatoms. The molecule has 3 nitrogen and oxygen atoms in total. The van der Waals surface area contributed by atoms with Crippen molar-refractivity contribution in [3.8, 4) is 0 Å². The highest BCUT2D eigenvalue weighted by Crippen LogP contribution is 2.29. The molecule has 0 aromatic heterocycles. The standard InChI is InChI=1S/C12H23N3S/c1-12(2)9-15(7-8-16-12)11(13)14-10-5-3-4-6-10/h10H,3-9H2,1-2H3,(H2,13,14). The summed E-state index contributed by atoms with van der Waals surface area (Å²) >= 11 is 2.03. The molecule has 0 aromatic rings. The first-order valence-electron chi connectivity index (χ1n) is 6.29. The molecule has 1 saturated carbocycles. The van der Waals surface area contributed by atoms with Crippen LogP contribution in [0.4, 0.5) is 0 Å². The summed E-state index contributed by atoms with van der Waals surface area (Å²) in [5.74, 6) is 1.94. The summed E-state index contributed by atoms with van der Waals surface area (Å²) in [6.45, 7) is 6.65. The number of rotatable bonds is 1. The number of hydrogen-bond acceptors (Lipinski definition) is 2. The molecular weight excluding hydrogens is 218 g/mol. The second-order valence-corrected chi connectivity index (χ2v) is 7.26. The van der Waals surface area contributed by atoms with Crippen molar-refractivity contribution in [1.82, 2.24) is 4.90 Å². The third kappa shape index (κ3) is 3.06. The molecule has 0 amide bonds. The Kier molecular flexibility index (Phi) is 3.67. The van der Waals surface area contributed by atoms with Crippen LogP contribution in [0.15, 0.2) is 4.99 Å². The molecule has 1 aliphatic carbocycles. The largest absolute Gasteiger partial charge is 0.370 e. The SMILES string of the molecule is CC1(C)CN(C(N)=NC2CCCC2)CCS1. The van der Waals surface area contributed by atoms with E-state index in [1.54, 1.807) is 0 Å². The van der Waals surface area contributed by atoms with E-state index >= 15 is 0 Å². The van der Waals surface area contributed by atoms with Gasteiger partial charge in [-0.2, -0.15) is 11.8 Å². The molecule has 0 atom stereocenters. The second kappa shape index (κ2) is 4.86. The highest BCUT2D eigenvalue weighted by Gasteiger charge is 2.28. The Morgan fingerprint density at radius 1 is 1.38 bits per heavy atom. The Morgan fingerprint density at radius 3 is 2.69 bits per heavy atom. The summed E-state index contributed by atoms with van der Waals surface area (Å²) in [6.07, 6.45) is 5.10. The van der Waals surface area contributed by atoms with Gasteiger partial charge in [0.05, 0.1) is 6.04 Å². The van der Waals surface area contributed by atoms with E-state index in [4.69, 9.17) is 5.73 Å². The molecule has 1 saturated heterocycles. The van der Waals surface area contributed by atoms with E-state index in [-0.39, 0.29) is 0 Å². The molecule has 2 N–H and O–H groups in total. The Balaban J connectivity index is 1.95. The molecule has 0 spiro atoms. The van der Waals surface area contributed by atoms with Crippen LogP contribution in [0.3, 0.4) is 0 Å². The monoisotopic (exact) mass is 241 g/mol. The fourth-order valence-corrected chi connectivity index (χ4v) is 3.63. The predicted octanol–water partition coefficient (Wildman–Crippen LogP) is 2.07. The van der Waals surface area contributed by atoms with E-state index in [1.807, 2.05) is 11.8 Å². The van der Waals surface area contributed by atoms with Crippen molar-refractivity contribution in [3.05, 3.63) is 0 Å². The molecule has 92 valence electrons. The topological polar surface area (TPSA) is 41.6 Å². The minimum Gasteiger partial charge on any atom is -0.370 e. The number of guanidine groups is 1. The fourth-order valence-electron chi connectivity index (χ4n) is 2.51. The molecule has 0 unspecified atom stereocenters. The van der Waals surface area contributed by atoms with Gasteiger partial charge in [-0.15, -0.1) is 0 Å². The van der Waals surface area contributed by atoms with Gasteiger partial charge in [-0.25, -0.2) is 4.99 Å². The Hall–Kier alpha value is -0.380. The normalized spacial score (nSPS) is 27.4. The van der Waals surface area contributed by atoms with Crippen molar-refractivity contribution >= 4 is 17.7 Å². The summed E-state index contributed by atoms with van der Waals surface area (Å²) in [4.78, 5) is 6.94. The van der Waals surface area contributed by atoms with E-state index in [9.17, 15) is 0 Å². The van der Waals surface area contributed by atoms with Crippen LogP contribution in [0.5, 0.6) is 0 Å². The first-order chi connectivity index (χ1) is 7.57. The summed E-state index contributed by atoms with van der Waals surface area (Å²) < 4.78 is 0.314. The molecule has 0 radical (unpaired) electrons. The molecular formula is C12H23N3S. The number of nitrogens with zero attached hydrogens (tertiary/aromatic N) is 2. The van der Waals surface area contributed by atoms with Crippen molar-refractivity contribution in [2.24, 2.45) is 10.7 Å². The van der Waals surface area contributed by atoms with Gasteiger partial charge in [0.2, 0.25) is 0 Å². The van der Waals surface area contributed by atoms with Gasteiger partial charge in [-0.05, 0) is 26.7 Å². The lowest BCUT2D eigenvalue weighted by molar-refractivity contribution is 0.382. The maximum Gasteiger partial charge on any atom is 0.191 e. The van der Waals surface area contributed by atoms with Gasteiger partial charge in [0, 0.05) is 23.6 Å². The van der Waals surface area contributed by atoms with Crippen molar-refractivity contribution in [2.45, 2.75) is 50.3 Å². The molecule has 16 heavy (non-hydrogen) atoms. The minimum absolute atomic E-state index is 0.314. The summed E-state index contributed by atoms with van der Waals surface area (Å²) in [6, 6.07) is 0.498. The van der Waals surface area contributed by atoms with Crippen LogP contribution in [-0.4, -0.2) is 40.5 Å². The summed E-state index contributed by atoms with van der Waals surface area (Å²) in [5.41, 5.74) is 6.12. The number of nitrogens with two attached hydrogens (primary N) is 1. The fraction of sp³-hybridized carbons (Fsp3) is 0.917. The van der Waals surface area contributed by atoms with E-state index < -0.39 is 0 Å². The van der Waals surface area contributed by atoms with Crippen LogP contribution in [0.2, 0.25) is 0 Å². The first kappa shape index (κ1) is 12.1. The van der Waals surface area contributed by atoms with Gasteiger partial charge in [-0.1, -0.05) is 12.8 Å². The van der Waals surface area contributed by atoms with Crippen molar-refractivity contribution in [2.75, 3.05) is 18.8 Å². The first-order valence-corrected chi connectivity index (χ1v) is 7.27. The van der Waals surface area contributed by atoms with Gasteiger partial charge in [0.15, 0.2) is 5.96 Å². The molecule has 2 aliphatic rings. The lowest BCUT2D eigenvalue weighted by Crippen LogP contribution is -2.49. The van der Waals surface area contributed by atoms with E-state index in [2.05, 4.69) is 23.7 Å². The lowest BCUT2D eigenvalue weighted by atomic mass is 10.2. The average Bonchev–Trinajstić information content (AvgIpc) is 2.69. The van der Waals surface area contributed by atoms with Crippen molar-refractivity contribution in [1.29, 1.82) is 0 Å². The summed E-state index contributed by atoms with van der Waals surface area (Å²) in [5, 5.41) is 0.